The van der Waals surface area contributed by atoms with Gasteiger partial charge in [0.15, 0.2) is 5.43 Å². The van der Waals surface area contributed by atoms with Crippen molar-refractivity contribution >= 4 is 16.9 Å². The molecule has 2 rings (SSSR count). The maximum Gasteiger partial charge on any atom is 0.352 e. The number of pyridine rings is 1. The number of aromatic nitrogens is 1. The van der Waals surface area contributed by atoms with E-state index in [1.165, 1.54) is 14.0 Å². The van der Waals surface area contributed by atoms with Crippen LogP contribution in [0, 0.1) is 18.6 Å². The van der Waals surface area contributed by atoms with Crippen LogP contribution in [0.25, 0.3) is 10.9 Å². The van der Waals surface area contributed by atoms with Crippen LogP contribution in [-0.4, -0.2) is 15.6 Å². The van der Waals surface area contributed by atoms with Crippen molar-refractivity contribution in [2.45, 2.75) is 6.92 Å². The quantitative estimate of drug-likeness (QED) is 0.843. The summed E-state index contributed by atoms with van der Waals surface area (Å²) in [5, 5.41) is 8.58. The topological polar surface area (TPSA) is 59.3 Å². The van der Waals surface area contributed by atoms with E-state index >= 15 is 0 Å². The summed E-state index contributed by atoms with van der Waals surface area (Å²) < 4.78 is 28.2. The molecule has 0 aliphatic carbocycles. The summed E-state index contributed by atoms with van der Waals surface area (Å²) in [5.41, 5.74) is -1.63. The molecule has 1 heterocycles. The summed E-state index contributed by atoms with van der Waals surface area (Å²) in [5.74, 6) is -3.07. The Bertz CT molecular complexity index is 734. The standard InChI is InChI=1S/C12H9F2NO3/c1-5-9(12(17)18)15(2)10-7(14)4-3-6(13)8(10)11(5)16/h3-4H,1-2H3,(H,17,18). The molecule has 0 spiro atoms. The molecule has 0 fully saturated rings. The van der Waals surface area contributed by atoms with Crippen molar-refractivity contribution in [3.05, 3.63) is 45.2 Å². The molecule has 6 heteroatoms. The Balaban J connectivity index is 3.18. The molecule has 2 aromatic rings. The van der Waals surface area contributed by atoms with Crippen molar-refractivity contribution in [1.29, 1.82) is 0 Å². The molecule has 0 bridgehead atoms. The lowest BCUT2D eigenvalue weighted by Crippen LogP contribution is -2.21. The molecule has 0 saturated heterocycles. The molecule has 1 aromatic heterocycles. The number of carboxylic acid groups (broad SMARTS) is 1. The maximum absolute atomic E-state index is 13.7. The highest BCUT2D eigenvalue weighted by Crippen LogP contribution is 2.20. The lowest BCUT2D eigenvalue weighted by Gasteiger charge is -2.13. The van der Waals surface area contributed by atoms with Crippen LogP contribution in [0.4, 0.5) is 8.78 Å². The van der Waals surface area contributed by atoms with Crippen LogP contribution in [0.2, 0.25) is 0 Å². The van der Waals surface area contributed by atoms with Crippen LogP contribution < -0.4 is 5.43 Å². The summed E-state index contributed by atoms with van der Waals surface area (Å²) in [4.78, 5) is 23.0. The average Bonchev–Trinajstić information content (AvgIpc) is 2.28. The second-order valence-electron chi connectivity index (χ2n) is 3.92. The summed E-state index contributed by atoms with van der Waals surface area (Å²) >= 11 is 0. The minimum Gasteiger partial charge on any atom is -0.477 e. The van der Waals surface area contributed by atoms with Crippen molar-refractivity contribution in [2.24, 2.45) is 7.05 Å². The average molecular weight is 253 g/mol. The van der Waals surface area contributed by atoms with Crippen molar-refractivity contribution in [1.82, 2.24) is 4.57 Å². The maximum atomic E-state index is 13.7. The van der Waals surface area contributed by atoms with Gasteiger partial charge < -0.3 is 9.67 Å². The zero-order valence-electron chi connectivity index (χ0n) is 9.62. The van der Waals surface area contributed by atoms with Gasteiger partial charge in [-0.25, -0.2) is 13.6 Å². The van der Waals surface area contributed by atoms with Gasteiger partial charge in [0.05, 0.1) is 10.9 Å². The molecule has 0 radical (unpaired) electrons. The number of halogens is 2. The first kappa shape index (κ1) is 12.2. The SMILES string of the molecule is Cc1c(C(=O)O)n(C)c2c(F)ccc(F)c2c1=O. The number of nitrogens with zero attached hydrogens (tertiary/aromatic N) is 1. The Labute approximate surface area is 100 Å². The molecular weight excluding hydrogens is 244 g/mol. The number of rotatable bonds is 1. The van der Waals surface area contributed by atoms with E-state index in [1.807, 2.05) is 0 Å². The van der Waals surface area contributed by atoms with Crippen molar-refractivity contribution in [2.75, 3.05) is 0 Å². The number of benzene rings is 1. The molecule has 0 saturated carbocycles. The van der Waals surface area contributed by atoms with E-state index in [4.69, 9.17) is 5.11 Å². The molecule has 1 N–H and O–H groups in total. The zero-order valence-corrected chi connectivity index (χ0v) is 9.62. The molecule has 0 amide bonds. The highest BCUT2D eigenvalue weighted by molar-refractivity contribution is 5.92. The van der Waals surface area contributed by atoms with Gasteiger partial charge in [-0.1, -0.05) is 0 Å². The van der Waals surface area contributed by atoms with E-state index in [9.17, 15) is 18.4 Å². The third-order valence-electron chi connectivity index (χ3n) is 2.87. The van der Waals surface area contributed by atoms with Crippen molar-refractivity contribution in [3.63, 3.8) is 0 Å². The van der Waals surface area contributed by atoms with Gasteiger partial charge in [-0.3, -0.25) is 4.79 Å². The first-order valence-electron chi connectivity index (χ1n) is 5.06. The Morgan fingerprint density at radius 3 is 2.39 bits per heavy atom. The first-order valence-corrected chi connectivity index (χ1v) is 5.06. The van der Waals surface area contributed by atoms with Crippen LogP contribution in [0.1, 0.15) is 16.1 Å². The Morgan fingerprint density at radius 2 is 1.83 bits per heavy atom. The lowest BCUT2D eigenvalue weighted by atomic mass is 10.1. The molecule has 94 valence electrons. The molecule has 4 nitrogen and oxygen atoms in total. The zero-order chi connectivity index (χ0) is 13.6. The smallest absolute Gasteiger partial charge is 0.352 e. The number of aromatic carboxylic acids is 1. The van der Waals surface area contributed by atoms with Crippen LogP contribution in [-0.2, 0) is 7.05 Å². The van der Waals surface area contributed by atoms with E-state index in [1.54, 1.807) is 0 Å². The van der Waals surface area contributed by atoms with Crippen LogP contribution in [0.3, 0.4) is 0 Å². The van der Waals surface area contributed by atoms with E-state index in [-0.39, 0.29) is 16.8 Å². The van der Waals surface area contributed by atoms with E-state index in [2.05, 4.69) is 0 Å². The minimum absolute atomic E-state index is 0.123. The normalized spacial score (nSPS) is 10.9. The lowest BCUT2D eigenvalue weighted by molar-refractivity contribution is 0.0685. The van der Waals surface area contributed by atoms with Gasteiger partial charge in [-0.15, -0.1) is 0 Å². The largest absolute Gasteiger partial charge is 0.477 e. The highest BCUT2D eigenvalue weighted by Gasteiger charge is 2.21. The molecule has 0 unspecified atom stereocenters. The summed E-state index contributed by atoms with van der Waals surface area (Å²) in [7, 11) is 1.28. The predicted molar refractivity (Wildman–Crippen MR) is 60.8 cm³/mol. The van der Waals surface area contributed by atoms with Gasteiger partial charge in [0, 0.05) is 12.6 Å². The summed E-state index contributed by atoms with van der Waals surface area (Å²) in [6, 6.07) is 1.71. The Kier molecular flexibility index (Phi) is 2.65. The molecular formula is C12H9F2NO3. The predicted octanol–water partition coefficient (Wildman–Crippen LogP) is 1.82. The van der Waals surface area contributed by atoms with Crippen molar-refractivity contribution in [3.8, 4) is 0 Å². The number of hydrogen-bond donors (Lipinski definition) is 1. The number of fused-ring (bicyclic) bond motifs is 1. The molecule has 0 aliphatic heterocycles. The highest BCUT2D eigenvalue weighted by atomic mass is 19.1. The fraction of sp³-hybridized carbons (Fsp3) is 0.167. The van der Waals surface area contributed by atoms with Gasteiger partial charge in [0.2, 0.25) is 0 Å². The van der Waals surface area contributed by atoms with E-state index in [0.29, 0.717) is 0 Å². The molecule has 18 heavy (non-hydrogen) atoms. The summed E-state index contributed by atoms with van der Waals surface area (Å²) in [6.07, 6.45) is 0. The molecule has 1 aromatic carbocycles. The van der Waals surface area contributed by atoms with Gasteiger partial charge in [-0.2, -0.15) is 0 Å². The van der Waals surface area contributed by atoms with Gasteiger partial charge >= 0.3 is 5.97 Å². The second-order valence-corrected chi connectivity index (χ2v) is 3.92. The van der Waals surface area contributed by atoms with Gasteiger partial charge in [-0.05, 0) is 19.1 Å². The van der Waals surface area contributed by atoms with Crippen LogP contribution in [0.5, 0.6) is 0 Å². The third-order valence-corrected chi connectivity index (χ3v) is 2.87. The van der Waals surface area contributed by atoms with Crippen LogP contribution in [0.15, 0.2) is 16.9 Å². The number of carbonyl (C=O) groups is 1. The fourth-order valence-electron chi connectivity index (χ4n) is 2.05. The number of aryl methyl sites for hydroxylation is 1. The number of hydrogen-bond acceptors (Lipinski definition) is 2. The third kappa shape index (κ3) is 1.49. The second kappa shape index (κ2) is 3.90. The summed E-state index contributed by atoms with van der Waals surface area (Å²) in [6.45, 7) is 1.27. The molecule has 0 aliphatic rings. The monoisotopic (exact) mass is 253 g/mol. The Morgan fingerprint density at radius 1 is 1.28 bits per heavy atom. The van der Waals surface area contributed by atoms with E-state index < -0.39 is 28.4 Å². The first-order chi connectivity index (χ1) is 8.36. The minimum atomic E-state index is -1.36. The van der Waals surface area contributed by atoms with Crippen molar-refractivity contribution < 1.29 is 18.7 Å². The molecule has 0 atom stereocenters. The van der Waals surface area contributed by atoms with E-state index in [0.717, 1.165) is 16.7 Å². The van der Waals surface area contributed by atoms with Gasteiger partial charge in [0.1, 0.15) is 17.3 Å². The fourth-order valence-corrected chi connectivity index (χ4v) is 2.05. The Hall–Kier alpha value is -2.24. The number of carboxylic acids is 1. The van der Waals surface area contributed by atoms with Crippen LogP contribution >= 0.6 is 0 Å². The van der Waals surface area contributed by atoms with Gasteiger partial charge in [0.25, 0.3) is 0 Å².